The molecule has 0 saturated heterocycles. The first-order valence-electron chi connectivity index (χ1n) is 7.99. The number of nitro benzene ring substituents is 1. The molecule has 2 N–H and O–H groups in total. The molecule has 0 aliphatic carbocycles. The molecule has 1 aromatic heterocycles. The van der Waals surface area contributed by atoms with E-state index in [1.165, 1.54) is 24.3 Å². The lowest BCUT2D eigenvalue weighted by Crippen LogP contribution is -2.44. The average molecular weight is 410 g/mol. The first kappa shape index (κ1) is 20.9. The van der Waals surface area contributed by atoms with Crippen molar-refractivity contribution in [2.24, 2.45) is 0 Å². The maximum Gasteiger partial charge on any atom is 0.374 e. The number of carbonyl (C=O) groups is 3. The Morgan fingerprint density at radius 1 is 1.25 bits per heavy atom. The van der Waals surface area contributed by atoms with Crippen LogP contribution in [0, 0.1) is 10.1 Å². The van der Waals surface area contributed by atoms with Crippen molar-refractivity contribution in [1.29, 1.82) is 0 Å². The lowest BCUT2D eigenvalue weighted by Gasteiger charge is -2.09. The zero-order chi connectivity index (χ0) is 20.8. The van der Waals surface area contributed by atoms with Crippen LogP contribution >= 0.6 is 11.6 Å². The number of halogens is 1. The minimum atomic E-state index is -0.927. The highest BCUT2D eigenvalue weighted by Gasteiger charge is 2.18. The summed E-state index contributed by atoms with van der Waals surface area (Å²) in [7, 11) is 0. The molecule has 0 aliphatic heterocycles. The van der Waals surface area contributed by atoms with Crippen LogP contribution in [0.4, 0.5) is 10.5 Å². The van der Waals surface area contributed by atoms with Gasteiger partial charge in [0.15, 0.2) is 6.61 Å². The van der Waals surface area contributed by atoms with Gasteiger partial charge in [0.1, 0.15) is 5.76 Å². The smallest absolute Gasteiger partial charge is 0.374 e. The molecule has 1 heterocycles. The van der Waals surface area contributed by atoms with Gasteiger partial charge in [0.05, 0.1) is 9.95 Å². The summed E-state index contributed by atoms with van der Waals surface area (Å²) in [5, 5.41) is 15.3. The van der Waals surface area contributed by atoms with E-state index in [0.29, 0.717) is 5.56 Å². The lowest BCUT2D eigenvalue weighted by atomic mass is 10.1. The van der Waals surface area contributed by atoms with Gasteiger partial charge in [-0.2, -0.15) is 0 Å². The Bertz CT molecular complexity index is 923. The number of urea groups is 1. The van der Waals surface area contributed by atoms with Gasteiger partial charge in [-0.1, -0.05) is 11.6 Å². The van der Waals surface area contributed by atoms with Crippen molar-refractivity contribution in [2.45, 2.75) is 19.9 Å². The number of nitrogens with zero attached hydrogens (tertiary/aromatic N) is 1. The van der Waals surface area contributed by atoms with Crippen molar-refractivity contribution in [3.63, 3.8) is 0 Å². The van der Waals surface area contributed by atoms with Crippen LogP contribution in [0.25, 0.3) is 11.3 Å². The molecule has 10 nitrogen and oxygen atoms in total. The third-order valence-corrected chi connectivity index (χ3v) is 3.56. The molecule has 0 aliphatic rings. The Balaban J connectivity index is 1.98. The van der Waals surface area contributed by atoms with Gasteiger partial charge >= 0.3 is 12.0 Å². The summed E-state index contributed by atoms with van der Waals surface area (Å²) < 4.78 is 10.1. The highest BCUT2D eigenvalue weighted by molar-refractivity contribution is 6.33. The number of imide groups is 1. The zero-order valence-electron chi connectivity index (χ0n) is 14.9. The second-order valence-electron chi connectivity index (χ2n) is 5.84. The van der Waals surface area contributed by atoms with Crippen molar-refractivity contribution >= 4 is 35.2 Å². The predicted molar refractivity (Wildman–Crippen MR) is 97.9 cm³/mol. The molecule has 0 spiro atoms. The van der Waals surface area contributed by atoms with E-state index in [4.69, 9.17) is 20.8 Å². The molecule has 2 aromatic rings. The van der Waals surface area contributed by atoms with Gasteiger partial charge in [-0.25, -0.2) is 9.59 Å². The number of ether oxygens (including phenoxy) is 1. The first-order valence-corrected chi connectivity index (χ1v) is 8.36. The van der Waals surface area contributed by atoms with Crippen LogP contribution in [0.2, 0.25) is 5.02 Å². The maximum absolute atomic E-state index is 12.0. The summed E-state index contributed by atoms with van der Waals surface area (Å²) in [5.41, 5.74) is 0.155. The summed E-state index contributed by atoms with van der Waals surface area (Å²) in [6.45, 7) is 2.75. The highest BCUT2D eigenvalue weighted by atomic mass is 35.5. The van der Waals surface area contributed by atoms with Gasteiger partial charge in [-0.05, 0) is 32.0 Å². The van der Waals surface area contributed by atoms with E-state index >= 15 is 0 Å². The number of nitro groups is 1. The SMILES string of the molecule is CC(C)NC(=O)NC(=O)COC(=O)c1ccc(-c2ccc([N+](=O)[O-])cc2Cl)o1. The third kappa shape index (κ3) is 5.55. The van der Waals surface area contributed by atoms with Crippen molar-refractivity contribution in [3.8, 4) is 11.3 Å². The zero-order valence-corrected chi connectivity index (χ0v) is 15.6. The van der Waals surface area contributed by atoms with Gasteiger partial charge in [0, 0.05) is 23.7 Å². The van der Waals surface area contributed by atoms with Gasteiger partial charge < -0.3 is 14.5 Å². The van der Waals surface area contributed by atoms with Crippen molar-refractivity contribution in [2.75, 3.05) is 6.61 Å². The number of hydrogen-bond acceptors (Lipinski definition) is 7. The van der Waals surface area contributed by atoms with Gasteiger partial charge in [-0.15, -0.1) is 0 Å². The summed E-state index contributed by atoms with van der Waals surface area (Å²) in [6.07, 6.45) is 0. The van der Waals surface area contributed by atoms with Crippen LogP contribution < -0.4 is 10.6 Å². The molecule has 0 unspecified atom stereocenters. The molecule has 0 bridgehead atoms. The molecule has 11 heteroatoms. The summed E-state index contributed by atoms with van der Waals surface area (Å²) >= 11 is 6.01. The minimum Gasteiger partial charge on any atom is -0.450 e. The van der Waals surface area contributed by atoms with Crippen LogP contribution in [0.3, 0.4) is 0 Å². The largest absolute Gasteiger partial charge is 0.450 e. The molecule has 1 aromatic carbocycles. The third-order valence-electron chi connectivity index (χ3n) is 3.24. The Hall–Kier alpha value is -3.40. The fraction of sp³-hybridized carbons (Fsp3) is 0.235. The van der Waals surface area contributed by atoms with Gasteiger partial charge in [0.25, 0.3) is 11.6 Å². The number of amides is 3. The van der Waals surface area contributed by atoms with E-state index in [2.05, 4.69) is 5.32 Å². The molecular weight excluding hydrogens is 394 g/mol. The molecule has 0 radical (unpaired) electrons. The van der Waals surface area contributed by atoms with E-state index in [0.717, 1.165) is 6.07 Å². The molecular formula is C17H16ClN3O7. The van der Waals surface area contributed by atoms with E-state index < -0.39 is 29.4 Å². The Morgan fingerprint density at radius 3 is 2.57 bits per heavy atom. The number of rotatable bonds is 6. The topological polar surface area (TPSA) is 141 Å². The molecule has 2 rings (SSSR count). The predicted octanol–water partition coefficient (Wildman–Crippen LogP) is 2.90. The number of esters is 1. The van der Waals surface area contributed by atoms with Crippen molar-refractivity contribution < 1.29 is 28.5 Å². The van der Waals surface area contributed by atoms with Crippen LogP contribution in [-0.2, 0) is 9.53 Å². The van der Waals surface area contributed by atoms with Crippen LogP contribution in [-0.4, -0.2) is 35.5 Å². The first-order chi connectivity index (χ1) is 13.2. The van der Waals surface area contributed by atoms with Crippen LogP contribution in [0.5, 0.6) is 0 Å². The van der Waals surface area contributed by atoms with Gasteiger partial charge in [0.2, 0.25) is 5.76 Å². The fourth-order valence-electron chi connectivity index (χ4n) is 2.07. The van der Waals surface area contributed by atoms with Crippen LogP contribution in [0.1, 0.15) is 24.4 Å². The number of benzene rings is 1. The second-order valence-corrected chi connectivity index (χ2v) is 6.24. The summed E-state index contributed by atoms with van der Waals surface area (Å²) in [5.74, 6) is -1.75. The molecule has 28 heavy (non-hydrogen) atoms. The van der Waals surface area contributed by atoms with E-state index in [1.807, 2.05) is 5.32 Å². The maximum atomic E-state index is 12.0. The number of carbonyl (C=O) groups excluding carboxylic acids is 3. The number of furan rings is 1. The number of nitrogens with one attached hydrogen (secondary N) is 2. The summed E-state index contributed by atoms with van der Waals surface area (Å²) in [4.78, 5) is 45.1. The van der Waals surface area contributed by atoms with Crippen molar-refractivity contribution in [3.05, 3.63) is 51.2 Å². The summed E-state index contributed by atoms with van der Waals surface area (Å²) in [6, 6.07) is 5.65. The quantitative estimate of drug-likeness (QED) is 0.424. The molecule has 0 saturated carbocycles. The Kier molecular flexibility index (Phi) is 6.72. The molecule has 0 atom stereocenters. The standard InChI is InChI=1S/C17H16ClN3O7/c1-9(2)19-17(24)20-15(22)8-27-16(23)14-6-5-13(28-14)11-4-3-10(21(25)26)7-12(11)18/h3-7,9H,8H2,1-2H3,(H2,19,20,22,24). The Labute approximate surface area is 163 Å². The molecule has 0 fully saturated rings. The highest BCUT2D eigenvalue weighted by Crippen LogP contribution is 2.32. The number of hydrogen-bond donors (Lipinski definition) is 2. The van der Waals surface area contributed by atoms with Gasteiger partial charge in [-0.3, -0.25) is 20.2 Å². The lowest BCUT2D eigenvalue weighted by molar-refractivity contribution is -0.384. The van der Waals surface area contributed by atoms with E-state index in [9.17, 15) is 24.5 Å². The Morgan fingerprint density at radius 2 is 1.96 bits per heavy atom. The van der Waals surface area contributed by atoms with E-state index in [-0.39, 0.29) is 28.3 Å². The monoisotopic (exact) mass is 409 g/mol. The number of non-ortho nitro benzene ring substituents is 1. The molecule has 3 amide bonds. The van der Waals surface area contributed by atoms with Crippen LogP contribution in [0.15, 0.2) is 34.7 Å². The normalized spacial score (nSPS) is 10.4. The second kappa shape index (κ2) is 9.00. The molecule has 148 valence electrons. The average Bonchev–Trinajstić information content (AvgIpc) is 3.08. The van der Waals surface area contributed by atoms with E-state index in [1.54, 1.807) is 13.8 Å². The fourth-order valence-corrected chi connectivity index (χ4v) is 2.34. The van der Waals surface area contributed by atoms with Crippen molar-refractivity contribution in [1.82, 2.24) is 10.6 Å². The minimum absolute atomic E-state index is 0.0685.